The second-order valence-corrected chi connectivity index (χ2v) is 12.6. The fourth-order valence-electron chi connectivity index (χ4n) is 5.01. The number of aromatic carboxylic acids is 1. The molecule has 2 aromatic heterocycles. The van der Waals surface area contributed by atoms with Crippen molar-refractivity contribution >= 4 is 44.7 Å². The SMILES string of the molecule is C[C@@H]1CN(S(=O)(=O)c2ccc(N3CCC[C@H](N)C3)nc2)CC(=O)N1c1cc(-c2ccccc2)sc1C(=O)O. The number of carbonyl (C=O) groups is 2. The third-order valence-electron chi connectivity index (χ3n) is 6.85. The van der Waals surface area contributed by atoms with Gasteiger partial charge >= 0.3 is 5.97 Å². The van der Waals surface area contributed by atoms with Crippen molar-refractivity contribution in [1.82, 2.24) is 9.29 Å². The minimum absolute atomic E-state index is 0.00382. The fraction of sp³-hybridized carbons (Fsp3) is 0.346. The Balaban J connectivity index is 1.37. The van der Waals surface area contributed by atoms with Crippen LogP contribution in [0.5, 0.6) is 0 Å². The van der Waals surface area contributed by atoms with E-state index in [-0.39, 0.29) is 28.0 Å². The standard InChI is InChI=1S/C26H29N5O5S2/c1-17-14-30(38(35,36)20-9-10-23(28-13-20)29-11-5-8-19(27)15-29)16-24(32)31(17)21-12-22(37-25(21)26(33)34)18-6-3-2-4-7-18/h2-4,6-7,9-10,12-13,17,19H,5,8,11,14-16,27H2,1H3,(H,33,34)/t17-,19+/m1/s1. The second kappa shape index (κ2) is 10.4. The van der Waals surface area contributed by atoms with E-state index >= 15 is 0 Å². The molecule has 0 spiro atoms. The van der Waals surface area contributed by atoms with Gasteiger partial charge in [-0.3, -0.25) is 4.79 Å². The van der Waals surface area contributed by atoms with E-state index in [9.17, 15) is 23.1 Å². The minimum Gasteiger partial charge on any atom is -0.477 e. The summed E-state index contributed by atoms with van der Waals surface area (Å²) in [6.45, 7) is 2.82. The number of piperidine rings is 1. The van der Waals surface area contributed by atoms with Gasteiger partial charge in [-0.25, -0.2) is 18.2 Å². The number of amides is 1. The predicted molar refractivity (Wildman–Crippen MR) is 146 cm³/mol. The lowest BCUT2D eigenvalue weighted by Gasteiger charge is -2.38. The number of pyridine rings is 1. The highest BCUT2D eigenvalue weighted by Gasteiger charge is 2.39. The molecule has 1 aromatic carbocycles. The van der Waals surface area contributed by atoms with E-state index in [2.05, 4.69) is 4.98 Å². The smallest absolute Gasteiger partial charge is 0.348 e. The van der Waals surface area contributed by atoms with Crippen LogP contribution in [0.3, 0.4) is 0 Å². The molecule has 5 rings (SSSR count). The number of aromatic nitrogens is 1. The summed E-state index contributed by atoms with van der Waals surface area (Å²) in [6.07, 6.45) is 3.22. The van der Waals surface area contributed by atoms with Crippen molar-refractivity contribution in [1.29, 1.82) is 0 Å². The molecule has 1 amide bonds. The first-order valence-corrected chi connectivity index (χ1v) is 14.6. The third kappa shape index (κ3) is 5.04. The molecule has 3 aromatic rings. The lowest BCUT2D eigenvalue weighted by atomic mass is 10.1. The van der Waals surface area contributed by atoms with Crippen LogP contribution >= 0.6 is 11.3 Å². The Morgan fingerprint density at radius 3 is 2.55 bits per heavy atom. The molecule has 2 aliphatic heterocycles. The normalized spacial score (nSPS) is 21.1. The largest absolute Gasteiger partial charge is 0.477 e. The van der Waals surface area contributed by atoms with Crippen molar-refractivity contribution in [2.75, 3.05) is 36.0 Å². The van der Waals surface area contributed by atoms with Gasteiger partial charge in [0.2, 0.25) is 15.9 Å². The minimum atomic E-state index is -3.99. The number of hydrogen-bond acceptors (Lipinski definition) is 8. The number of hydrogen-bond donors (Lipinski definition) is 2. The molecule has 2 atom stereocenters. The van der Waals surface area contributed by atoms with E-state index in [0.717, 1.165) is 40.6 Å². The van der Waals surface area contributed by atoms with Crippen LogP contribution in [0, 0.1) is 0 Å². The lowest BCUT2D eigenvalue weighted by molar-refractivity contribution is -0.120. The van der Waals surface area contributed by atoms with Gasteiger partial charge in [-0.15, -0.1) is 11.3 Å². The van der Waals surface area contributed by atoms with Crippen molar-refractivity contribution in [3.8, 4) is 10.4 Å². The fourth-order valence-corrected chi connectivity index (χ4v) is 7.42. The number of sulfonamides is 1. The quantitative estimate of drug-likeness (QED) is 0.474. The maximum atomic E-state index is 13.4. The van der Waals surface area contributed by atoms with E-state index < -0.39 is 34.5 Å². The Bertz CT molecular complexity index is 1440. The first-order chi connectivity index (χ1) is 18.1. The number of nitrogens with zero attached hydrogens (tertiary/aromatic N) is 4. The molecule has 2 saturated heterocycles. The van der Waals surface area contributed by atoms with Crippen molar-refractivity contribution in [2.24, 2.45) is 5.73 Å². The van der Waals surface area contributed by atoms with E-state index in [4.69, 9.17) is 5.73 Å². The molecule has 3 N–H and O–H groups in total. The maximum Gasteiger partial charge on any atom is 0.348 e. The average molecular weight is 556 g/mol. The van der Waals surface area contributed by atoms with Crippen molar-refractivity contribution in [3.05, 3.63) is 59.6 Å². The maximum absolute atomic E-state index is 13.4. The molecule has 0 radical (unpaired) electrons. The zero-order valence-electron chi connectivity index (χ0n) is 20.9. The number of anilines is 2. The first kappa shape index (κ1) is 26.3. The Kier molecular flexibility index (Phi) is 7.23. The van der Waals surface area contributed by atoms with Gasteiger partial charge in [-0.1, -0.05) is 30.3 Å². The molecule has 2 aliphatic rings. The van der Waals surface area contributed by atoms with Crippen LogP contribution in [0.1, 0.15) is 29.4 Å². The molecule has 38 heavy (non-hydrogen) atoms. The van der Waals surface area contributed by atoms with Crippen LogP contribution in [-0.4, -0.2) is 73.0 Å². The highest BCUT2D eigenvalue weighted by molar-refractivity contribution is 7.89. The van der Waals surface area contributed by atoms with E-state index in [1.165, 1.54) is 17.2 Å². The number of carboxylic acids is 1. The highest BCUT2D eigenvalue weighted by atomic mass is 32.2. The predicted octanol–water partition coefficient (Wildman–Crippen LogP) is 2.86. The molecule has 2 fully saturated rings. The number of benzene rings is 1. The molecule has 0 unspecified atom stereocenters. The zero-order chi connectivity index (χ0) is 27.0. The van der Waals surface area contributed by atoms with Gasteiger partial charge in [0.05, 0.1) is 12.2 Å². The summed E-state index contributed by atoms with van der Waals surface area (Å²) in [5, 5.41) is 9.84. The number of rotatable bonds is 6. The molecule has 10 nitrogen and oxygen atoms in total. The van der Waals surface area contributed by atoms with Gasteiger partial charge in [-0.2, -0.15) is 4.31 Å². The number of thiophene rings is 1. The van der Waals surface area contributed by atoms with Crippen LogP contribution in [0.2, 0.25) is 0 Å². The zero-order valence-corrected chi connectivity index (χ0v) is 22.5. The van der Waals surface area contributed by atoms with Gasteiger partial charge in [0, 0.05) is 42.8 Å². The third-order valence-corrected chi connectivity index (χ3v) is 9.81. The summed E-state index contributed by atoms with van der Waals surface area (Å²) in [5.74, 6) is -0.955. The number of piperazine rings is 1. The van der Waals surface area contributed by atoms with E-state index in [1.807, 2.05) is 35.2 Å². The Morgan fingerprint density at radius 1 is 1.16 bits per heavy atom. The molecule has 0 aliphatic carbocycles. The van der Waals surface area contributed by atoms with Gasteiger partial charge < -0.3 is 20.6 Å². The summed E-state index contributed by atoms with van der Waals surface area (Å²) in [7, 11) is -3.99. The van der Waals surface area contributed by atoms with Crippen LogP contribution < -0.4 is 15.5 Å². The molecule has 4 heterocycles. The topological polar surface area (TPSA) is 137 Å². The van der Waals surface area contributed by atoms with Crippen molar-refractivity contribution in [3.63, 3.8) is 0 Å². The van der Waals surface area contributed by atoms with Crippen LogP contribution in [-0.2, 0) is 14.8 Å². The molecule has 0 saturated carbocycles. The van der Waals surface area contributed by atoms with Gasteiger partial charge in [0.25, 0.3) is 0 Å². The Hall–Kier alpha value is -3.32. The monoisotopic (exact) mass is 555 g/mol. The van der Waals surface area contributed by atoms with Gasteiger partial charge in [0.1, 0.15) is 15.6 Å². The molecule has 200 valence electrons. The lowest BCUT2D eigenvalue weighted by Crippen LogP contribution is -2.57. The second-order valence-electron chi connectivity index (χ2n) is 9.61. The van der Waals surface area contributed by atoms with Crippen molar-refractivity contribution in [2.45, 2.75) is 36.7 Å². The Morgan fingerprint density at radius 2 is 1.92 bits per heavy atom. The average Bonchev–Trinajstić information content (AvgIpc) is 3.34. The molecule has 12 heteroatoms. The van der Waals surface area contributed by atoms with Crippen molar-refractivity contribution < 1.29 is 23.1 Å². The summed E-state index contributed by atoms with van der Waals surface area (Å²) >= 11 is 1.09. The summed E-state index contributed by atoms with van der Waals surface area (Å²) in [6, 6.07) is 13.7. The van der Waals surface area contributed by atoms with Crippen LogP contribution in [0.25, 0.3) is 10.4 Å². The summed E-state index contributed by atoms with van der Waals surface area (Å²) in [5.41, 5.74) is 7.18. The van der Waals surface area contributed by atoms with Gasteiger partial charge in [-0.05, 0) is 43.5 Å². The first-order valence-electron chi connectivity index (χ1n) is 12.4. The number of carbonyl (C=O) groups excluding carboxylic acids is 1. The molecular formula is C26H29N5O5S2. The van der Waals surface area contributed by atoms with Gasteiger partial charge in [0.15, 0.2) is 0 Å². The number of carboxylic acid groups (broad SMARTS) is 1. The molecular weight excluding hydrogens is 526 g/mol. The van der Waals surface area contributed by atoms with Crippen LogP contribution in [0.15, 0.2) is 59.6 Å². The number of nitrogens with two attached hydrogens (primary N) is 1. The molecule has 0 bridgehead atoms. The summed E-state index contributed by atoms with van der Waals surface area (Å²) < 4.78 is 28.0. The van der Waals surface area contributed by atoms with Crippen LogP contribution in [0.4, 0.5) is 11.5 Å². The highest BCUT2D eigenvalue weighted by Crippen LogP contribution is 2.39. The summed E-state index contributed by atoms with van der Waals surface area (Å²) in [4.78, 5) is 33.9. The van der Waals surface area contributed by atoms with E-state index in [1.54, 1.807) is 19.1 Å². The Labute approximate surface area is 225 Å². The van der Waals surface area contributed by atoms with E-state index in [0.29, 0.717) is 17.2 Å².